The van der Waals surface area contributed by atoms with Gasteiger partial charge in [0, 0.05) is 30.8 Å². The van der Waals surface area contributed by atoms with E-state index in [4.69, 9.17) is 0 Å². The molecular weight excluding hydrogens is 237 g/mol. The molecule has 0 bridgehead atoms. The molecule has 1 aromatic heterocycles. The minimum absolute atomic E-state index is 0.0384. The van der Waals surface area contributed by atoms with E-state index in [0.29, 0.717) is 18.5 Å². The predicted molar refractivity (Wildman–Crippen MR) is 52.4 cm³/mol. The summed E-state index contributed by atoms with van der Waals surface area (Å²) in [5.74, 6) is -0.802. The highest BCUT2D eigenvalue weighted by molar-refractivity contribution is 5.94. The van der Waals surface area contributed by atoms with Crippen LogP contribution in [0.1, 0.15) is 21.7 Å². The standard InChI is InChI=1S/C9H11F3N4O/c10-9(11,12)4-14-8(17)7-5-3-13-2-1-6(5)15-16-7/h13H,1-4H2,(H,14,17)(H,15,16). The number of H-pyrrole nitrogens is 1. The molecule has 1 aromatic rings. The molecule has 0 unspecified atom stereocenters. The average Bonchev–Trinajstić information content (AvgIpc) is 2.68. The fraction of sp³-hybridized carbons (Fsp3) is 0.556. The lowest BCUT2D eigenvalue weighted by Gasteiger charge is -2.13. The topological polar surface area (TPSA) is 69.8 Å². The summed E-state index contributed by atoms with van der Waals surface area (Å²) in [7, 11) is 0. The van der Waals surface area contributed by atoms with Gasteiger partial charge in [-0.05, 0) is 0 Å². The number of fused-ring (bicyclic) bond motifs is 1. The lowest BCUT2D eigenvalue weighted by molar-refractivity contribution is -0.123. The molecule has 0 aliphatic carbocycles. The van der Waals surface area contributed by atoms with Gasteiger partial charge in [0.2, 0.25) is 0 Å². The number of amides is 1. The summed E-state index contributed by atoms with van der Waals surface area (Å²) in [6.07, 6.45) is -3.72. The van der Waals surface area contributed by atoms with E-state index in [1.165, 1.54) is 0 Å². The number of rotatable bonds is 2. The molecule has 0 spiro atoms. The lowest BCUT2D eigenvalue weighted by Crippen LogP contribution is -2.35. The Morgan fingerprint density at radius 1 is 1.47 bits per heavy atom. The number of halogens is 3. The van der Waals surface area contributed by atoms with Crippen molar-refractivity contribution < 1.29 is 18.0 Å². The highest BCUT2D eigenvalue weighted by Crippen LogP contribution is 2.16. The number of hydrogen-bond donors (Lipinski definition) is 3. The first kappa shape index (κ1) is 11.9. The van der Waals surface area contributed by atoms with Crippen LogP contribution in [-0.4, -0.2) is 35.4 Å². The second kappa shape index (κ2) is 4.36. The molecule has 5 nitrogen and oxygen atoms in total. The van der Waals surface area contributed by atoms with Crippen LogP contribution in [0.3, 0.4) is 0 Å². The van der Waals surface area contributed by atoms with Crippen LogP contribution < -0.4 is 10.6 Å². The van der Waals surface area contributed by atoms with Crippen molar-refractivity contribution >= 4 is 5.91 Å². The quantitative estimate of drug-likeness (QED) is 0.707. The van der Waals surface area contributed by atoms with Gasteiger partial charge in [-0.2, -0.15) is 18.3 Å². The minimum Gasteiger partial charge on any atom is -0.342 e. The van der Waals surface area contributed by atoms with E-state index >= 15 is 0 Å². The number of nitrogens with one attached hydrogen (secondary N) is 3. The fourth-order valence-corrected chi connectivity index (χ4v) is 1.68. The largest absolute Gasteiger partial charge is 0.405 e. The highest BCUT2D eigenvalue weighted by Gasteiger charge is 2.29. The Bertz CT molecular complexity index is 426. The van der Waals surface area contributed by atoms with Crippen LogP contribution in [0.2, 0.25) is 0 Å². The number of aromatic amines is 1. The monoisotopic (exact) mass is 248 g/mol. The molecule has 94 valence electrons. The third kappa shape index (κ3) is 2.76. The van der Waals surface area contributed by atoms with Gasteiger partial charge in [0.15, 0.2) is 5.69 Å². The first-order chi connectivity index (χ1) is 7.97. The van der Waals surface area contributed by atoms with Crippen LogP contribution in [0, 0.1) is 0 Å². The summed E-state index contributed by atoms with van der Waals surface area (Å²) in [6.45, 7) is -0.139. The molecule has 0 atom stereocenters. The fourth-order valence-electron chi connectivity index (χ4n) is 1.68. The van der Waals surface area contributed by atoms with Crippen molar-refractivity contribution in [2.24, 2.45) is 0 Å². The van der Waals surface area contributed by atoms with Gasteiger partial charge in [-0.15, -0.1) is 0 Å². The summed E-state index contributed by atoms with van der Waals surface area (Å²) in [4.78, 5) is 11.5. The van der Waals surface area contributed by atoms with Gasteiger partial charge >= 0.3 is 6.18 Å². The zero-order valence-electron chi connectivity index (χ0n) is 8.82. The normalized spacial score (nSPS) is 15.5. The second-order valence-corrected chi connectivity index (χ2v) is 3.75. The van der Waals surface area contributed by atoms with E-state index in [1.807, 2.05) is 0 Å². The van der Waals surface area contributed by atoms with Crippen molar-refractivity contribution in [2.45, 2.75) is 19.1 Å². The van der Waals surface area contributed by atoms with Gasteiger partial charge in [0.25, 0.3) is 5.91 Å². The van der Waals surface area contributed by atoms with Crippen molar-refractivity contribution in [1.82, 2.24) is 20.8 Å². The van der Waals surface area contributed by atoms with Crippen LogP contribution in [0.25, 0.3) is 0 Å². The van der Waals surface area contributed by atoms with Gasteiger partial charge in [0.05, 0.1) is 0 Å². The molecule has 17 heavy (non-hydrogen) atoms. The Hall–Kier alpha value is -1.57. The predicted octanol–water partition coefficient (Wildman–Crippen LogP) is 0.347. The van der Waals surface area contributed by atoms with E-state index in [1.54, 1.807) is 5.32 Å². The van der Waals surface area contributed by atoms with Crippen LogP contribution >= 0.6 is 0 Å². The maximum atomic E-state index is 11.9. The van der Waals surface area contributed by atoms with Crippen molar-refractivity contribution in [3.63, 3.8) is 0 Å². The number of carbonyl (C=O) groups is 1. The van der Waals surface area contributed by atoms with E-state index in [-0.39, 0.29) is 5.69 Å². The van der Waals surface area contributed by atoms with E-state index in [0.717, 1.165) is 12.2 Å². The Balaban J connectivity index is 2.07. The van der Waals surface area contributed by atoms with E-state index in [9.17, 15) is 18.0 Å². The molecule has 1 aliphatic rings. The summed E-state index contributed by atoms with van der Waals surface area (Å²) in [6, 6.07) is 0. The van der Waals surface area contributed by atoms with Gasteiger partial charge in [-0.1, -0.05) is 0 Å². The molecule has 0 fully saturated rings. The number of aromatic nitrogens is 2. The molecule has 3 N–H and O–H groups in total. The Morgan fingerprint density at radius 3 is 2.94 bits per heavy atom. The van der Waals surface area contributed by atoms with Crippen LogP contribution in [-0.2, 0) is 13.0 Å². The number of nitrogens with zero attached hydrogens (tertiary/aromatic N) is 1. The SMILES string of the molecule is O=C(NCC(F)(F)F)c1n[nH]c2c1CNCC2. The Labute approximate surface area is 94.8 Å². The summed E-state index contributed by atoms with van der Waals surface area (Å²) in [5, 5.41) is 11.3. The maximum absolute atomic E-state index is 11.9. The molecular formula is C9H11F3N4O. The zero-order chi connectivity index (χ0) is 12.5. The van der Waals surface area contributed by atoms with Gasteiger partial charge < -0.3 is 10.6 Å². The van der Waals surface area contributed by atoms with Crippen molar-refractivity contribution in [2.75, 3.05) is 13.1 Å². The van der Waals surface area contributed by atoms with Gasteiger partial charge in [-0.3, -0.25) is 9.89 Å². The number of hydrogen-bond acceptors (Lipinski definition) is 3. The summed E-state index contributed by atoms with van der Waals surface area (Å²) < 4.78 is 35.8. The molecule has 8 heteroatoms. The lowest BCUT2D eigenvalue weighted by atomic mass is 10.1. The molecule has 1 amide bonds. The first-order valence-electron chi connectivity index (χ1n) is 5.09. The first-order valence-corrected chi connectivity index (χ1v) is 5.09. The van der Waals surface area contributed by atoms with Crippen molar-refractivity contribution in [3.8, 4) is 0 Å². The van der Waals surface area contributed by atoms with Gasteiger partial charge in [0.1, 0.15) is 6.54 Å². The van der Waals surface area contributed by atoms with Crippen LogP contribution in [0.4, 0.5) is 13.2 Å². The van der Waals surface area contributed by atoms with Crippen molar-refractivity contribution in [1.29, 1.82) is 0 Å². The molecule has 2 heterocycles. The smallest absolute Gasteiger partial charge is 0.342 e. The highest BCUT2D eigenvalue weighted by atomic mass is 19.4. The molecule has 0 saturated carbocycles. The zero-order valence-corrected chi connectivity index (χ0v) is 8.82. The van der Waals surface area contributed by atoms with E-state index < -0.39 is 18.6 Å². The van der Waals surface area contributed by atoms with Gasteiger partial charge in [-0.25, -0.2) is 0 Å². The van der Waals surface area contributed by atoms with E-state index in [2.05, 4.69) is 15.5 Å². The third-order valence-corrected chi connectivity index (χ3v) is 2.47. The third-order valence-electron chi connectivity index (χ3n) is 2.47. The maximum Gasteiger partial charge on any atom is 0.405 e. The molecule has 0 radical (unpaired) electrons. The molecule has 1 aliphatic heterocycles. The molecule has 2 rings (SSSR count). The summed E-state index contributed by atoms with van der Waals surface area (Å²) >= 11 is 0. The second-order valence-electron chi connectivity index (χ2n) is 3.75. The Morgan fingerprint density at radius 2 is 2.24 bits per heavy atom. The molecule has 0 saturated heterocycles. The Kier molecular flexibility index (Phi) is 3.05. The number of carbonyl (C=O) groups excluding carboxylic acids is 1. The summed E-state index contributed by atoms with van der Waals surface area (Å²) in [5.41, 5.74) is 1.49. The number of alkyl halides is 3. The van der Waals surface area contributed by atoms with Crippen LogP contribution in [0.15, 0.2) is 0 Å². The van der Waals surface area contributed by atoms with Crippen LogP contribution in [0.5, 0.6) is 0 Å². The average molecular weight is 248 g/mol. The molecule has 0 aromatic carbocycles. The van der Waals surface area contributed by atoms with Crippen molar-refractivity contribution in [3.05, 3.63) is 17.0 Å². The minimum atomic E-state index is -4.41.